The van der Waals surface area contributed by atoms with Crippen LogP contribution in [-0.4, -0.2) is 35.1 Å². The predicted octanol–water partition coefficient (Wildman–Crippen LogP) is 4.20. The summed E-state index contributed by atoms with van der Waals surface area (Å²) < 4.78 is 12.1. The minimum Gasteiger partial charge on any atom is -0.493 e. The summed E-state index contributed by atoms with van der Waals surface area (Å²) in [5, 5.41) is 17.8. The van der Waals surface area contributed by atoms with E-state index in [2.05, 4.69) is 10.4 Å². The molecular formula is C19H18ClN3O4. The van der Waals surface area contributed by atoms with Gasteiger partial charge in [-0.3, -0.25) is 4.68 Å². The zero-order chi connectivity index (χ0) is 19.6. The number of aryl methyl sites for hydroxylation is 1. The lowest BCUT2D eigenvalue weighted by Gasteiger charge is -2.14. The lowest BCUT2D eigenvalue weighted by Crippen LogP contribution is -2.06. The molecule has 7 nitrogen and oxygen atoms in total. The number of aromatic carboxylic acids is 1. The van der Waals surface area contributed by atoms with Crippen LogP contribution in [0.15, 0.2) is 42.5 Å². The van der Waals surface area contributed by atoms with Gasteiger partial charge in [0.15, 0.2) is 11.5 Å². The molecule has 0 aliphatic carbocycles. The van der Waals surface area contributed by atoms with Crippen molar-refractivity contribution in [2.75, 3.05) is 19.5 Å². The molecule has 2 aromatic carbocycles. The largest absolute Gasteiger partial charge is 0.493 e. The van der Waals surface area contributed by atoms with E-state index >= 15 is 0 Å². The molecule has 0 bridgehead atoms. The first kappa shape index (κ1) is 18.6. The first-order valence-electron chi connectivity index (χ1n) is 7.99. The molecule has 3 aromatic rings. The van der Waals surface area contributed by atoms with E-state index in [1.807, 2.05) is 18.2 Å². The smallest absolute Gasteiger partial charge is 0.337 e. The number of hydrogen-bond donors (Lipinski definition) is 2. The van der Waals surface area contributed by atoms with Crippen LogP contribution in [0.4, 0.5) is 11.5 Å². The van der Waals surface area contributed by atoms with Gasteiger partial charge in [0.25, 0.3) is 0 Å². The van der Waals surface area contributed by atoms with Crippen molar-refractivity contribution in [3.63, 3.8) is 0 Å². The van der Waals surface area contributed by atoms with Gasteiger partial charge in [-0.25, -0.2) is 4.79 Å². The van der Waals surface area contributed by atoms with Gasteiger partial charge in [-0.15, -0.1) is 0 Å². The van der Waals surface area contributed by atoms with Crippen LogP contribution in [0.25, 0.3) is 11.3 Å². The molecule has 0 amide bonds. The third-order valence-corrected chi connectivity index (χ3v) is 4.29. The number of carboxylic acid groups (broad SMARTS) is 1. The Morgan fingerprint density at radius 2 is 1.74 bits per heavy atom. The molecule has 0 saturated carbocycles. The van der Waals surface area contributed by atoms with Crippen LogP contribution in [0.1, 0.15) is 10.4 Å². The van der Waals surface area contributed by atoms with E-state index < -0.39 is 5.97 Å². The minimum atomic E-state index is -1.08. The molecule has 8 heteroatoms. The van der Waals surface area contributed by atoms with Crippen molar-refractivity contribution in [1.29, 1.82) is 0 Å². The van der Waals surface area contributed by atoms with Gasteiger partial charge in [0.05, 0.1) is 31.2 Å². The molecule has 0 unspecified atom stereocenters. The summed E-state index contributed by atoms with van der Waals surface area (Å²) in [6.07, 6.45) is 0. The summed E-state index contributed by atoms with van der Waals surface area (Å²) in [4.78, 5) is 11.7. The van der Waals surface area contributed by atoms with Crippen LogP contribution in [0.3, 0.4) is 0 Å². The molecule has 0 fully saturated rings. The molecule has 2 N–H and O–H groups in total. The van der Waals surface area contributed by atoms with Gasteiger partial charge in [-0.1, -0.05) is 23.7 Å². The van der Waals surface area contributed by atoms with Gasteiger partial charge < -0.3 is 19.9 Å². The van der Waals surface area contributed by atoms with Crippen molar-refractivity contribution in [2.24, 2.45) is 7.05 Å². The Hall–Kier alpha value is -3.19. The number of rotatable bonds is 6. The summed E-state index contributed by atoms with van der Waals surface area (Å²) in [5.74, 6) is 0.297. The van der Waals surface area contributed by atoms with Crippen molar-refractivity contribution in [1.82, 2.24) is 9.78 Å². The van der Waals surface area contributed by atoms with Gasteiger partial charge in [0, 0.05) is 35.8 Å². The third kappa shape index (κ3) is 3.83. The Bertz CT molecular complexity index is 983. The van der Waals surface area contributed by atoms with Crippen molar-refractivity contribution in [2.45, 2.75) is 0 Å². The molecular weight excluding hydrogens is 370 g/mol. The van der Waals surface area contributed by atoms with E-state index in [1.165, 1.54) is 20.3 Å². The quantitative estimate of drug-likeness (QED) is 0.659. The number of anilines is 2. The standard InChI is InChI=1S/C19H18ClN3O4/c1-23-18(10-14(22-23)11-4-6-12(20)7-5-11)21-15-9-17(27-3)16(26-2)8-13(15)19(24)25/h4-10,21H,1-3H3,(H,24,25). The average Bonchev–Trinajstić information content (AvgIpc) is 3.02. The molecule has 0 saturated heterocycles. The van der Waals surface area contributed by atoms with E-state index in [4.69, 9.17) is 21.1 Å². The van der Waals surface area contributed by atoms with Crippen molar-refractivity contribution in [3.8, 4) is 22.8 Å². The number of benzene rings is 2. The van der Waals surface area contributed by atoms with Crippen molar-refractivity contribution >= 4 is 29.1 Å². The Morgan fingerprint density at radius 3 is 2.33 bits per heavy atom. The van der Waals surface area contributed by atoms with Crippen molar-refractivity contribution in [3.05, 3.63) is 53.1 Å². The fourth-order valence-corrected chi connectivity index (χ4v) is 2.77. The van der Waals surface area contributed by atoms with Gasteiger partial charge in [-0.2, -0.15) is 5.10 Å². The molecule has 0 atom stereocenters. The lowest BCUT2D eigenvalue weighted by atomic mass is 10.1. The Morgan fingerprint density at radius 1 is 1.11 bits per heavy atom. The SMILES string of the molecule is COc1cc(Nc2cc(-c3ccc(Cl)cc3)nn2C)c(C(=O)O)cc1OC. The second-order valence-corrected chi connectivity index (χ2v) is 6.16. The molecule has 1 heterocycles. The number of halogens is 1. The highest BCUT2D eigenvalue weighted by Gasteiger charge is 2.18. The first-order chi connectivity index (χ1) is 12.9. The number of aromatic nitrogens is 2. The normalized spacial score (nSPS) is 10.5. The molecule has 3 rings (SSSR count). The van der Waals surface area contributed by atoms with Crippen LogP contribution in [0.5, 0.6) is 11.5 Å². The van der Waals surface area contributed by atoms with E-state index in [0.29, 0.717) is 28.0 Å². The number of hydrogen-bond acceptors (Lipinski definition) is 5. The number of ether oxygens (including phenoxy) is 2. The monoisotopic (exact) mass is 387 g/mol. The topological polar surface area (TPSA) is 85.6 Å². The van der Waals surface area contributed by atoms with Crippen LogP contribution in [-0.2, 0) is 7.05 Å². The molecule has 27 heavy (non-hydrogen) atoms. The average molecular weight is 388 g/mol. The zero-order valence-electron chi connectivity index (χ0n) is 15.0. The van der Waals surface area contributed by atoms with E-state index in [1.54, 1.807) is 29.9 Å². The van der Waals surface area contributed by atoms with E-state index in [9.17, 15) is 9.90 Å². The second-order valence-electron chi connectivity index (χ2n) is 5.73. The van der Waals surface area contributed by atoms with Crippen LogP contribution < -0.4 is 14.8 Å². The second kappa shape index (κ2) is 7.59. The van der Waals surface area contributed by atoms with E-state index in [0.717, 1.165) is 11.3 Å². The van der Waals surface area contributed by atoms with Crippen LogP contribution in [0.2, 0.25) is 5.02 Å². The number of methoxy groups -OCH3 is 2. The van der Waals surface area contributed by atoms with Crippen molar-refractivity contribution < 1.29 is 19.4 Å². The van der Waals surface area contributed by atoms with Crippen LogP contribution in [0, 0.1) is 0 Å². The summed E-state index contributed by atoms with van der Waals surface area (Å²) in [6.45, 7) is 0. The summed E-state index contributed by atoms with van der Waals surface area (Å²) in [7, 11) is 4.71. The molecule has 0 aliphatic heterocycles. The fraction of sp³-hybridized carbons (Fsp3) is 0.158. The number of carbonyl (C=O) groups is 1. The maximum atomic E-state index is 11.7. The maximum absolute atomic E-state index is 11.7. The summed E-state index contributed by atoms with van der Waals surface area (Å²) in [6, 6.07) is 12.1. The third-order valence-electron chi connectivity index (χ3n) is 4.04. The Balaban J connectivity index is 2.00. The maximum Gasteiger partial charge on any atom is 0.337 e. The minimum absolute atomic E-state index is 0.0573. The van der Waals surface area contributed by atoms with Gasteiger partial charge >= 0.3 is 5.97 Å². The van der Waals surface area contributed by atoms with Gasteiger partial charge in [-0.05, 0) is 12.1 Å². The highest BCUT2D eigenvalue weighted by Crippen LogP contribution is 2.35. The van der Waals surface area contributed by atoms with Gasteiger partial charge in [0.2, 0.25) is 0 Å². The molecule has 140 valence electrons. The molecule has 0 spiro atoms. The number of nitrogens with zero attached hydrogens (tertiary/aromatic N) is 2. The first-order valence-corrected chi connectivity index (χ1v) is 8.37. The molecule has 0 radical (unpaired) electrons. The lowest BCUT2D eigenvalue weighted by molar-refractivity contribution is 0.0697. The molecule has 0 aliphatic rings. The molecule has 1 aromatic heterocycles. The highest BCUT2D eigenvalue weighted by atomic mass is 35.5. The zero-order valence-corrected chi connectivity index (χ0v) is 15.7. The Labute approximate surface area is 161 Å². The fourth-order valence-electron chi connectivity index (χ4n) is 2.64. The van der Waals surface area contributed by atoms with Crippen LogP contribution >= 0.6 is 11.6 Å². The number of nitrogens with one attached hydrogen (secondary N) is 1. The number of carboxylic acids is 1. The van der Waals surface area contributed by atoms with E-state index in [-0.39, 0.29) is 5.56 Å². The highest BCUT2D eigenvalue weighted by molar-refractivity contribution is 6.30. The predicted molar refractivity (Wildman–Crippen MR) is 103 cm³/mol. The summed E-state index contributed by atoms with van der Waals surface area (Å²) >= 11 is 5.93. The Kier molecular flexibility index (Phi) is 5.23. The summed E-state index contributed by atoms with van der Waals surface area (Å²) in [5.41, 5.74) is 2.05. The van der Waals surface area contributed by atoms with Gasteiger partial charge in [0.1, 0.15) is 5.82 Å².